The molecule has 4 nitrogen and oxygen atoms in total. The summed E-state index contributed by atoms with van der Waals surface area (Å²) >= 11 is 0. The van der Waals surface area contributed by atoms with E-state index in [9.17, 15) is 22.8 Å². The molecule has 0 bridgehead atoms. The highest BCUT2D eigenvalue weighted by Crippen LogP contribution is 2.34. The second-order valence-corrected chi connectivity index (χ2v) is 5.52. The molecule has 0 aliphatic rings. The number of ketones is 1. The summed E-state index contributed by atoms with van der Waals surface area (Å²) in [5.74, 6) is -0.221. The zero-order valence-electron chi connectivity index (χ0n) is 12.0. The molecule has 0 radical (unpaired) electrons. The number of carbonyl (C=O) groups is 2. The zero-order valence-corrected chi connectivity index (χ0v) is 12.0. The molecule has 0 atom stereocenters. The molecule has 0 unspecified atom stereocenters. The lowest BCUT2D eigenvalue weighted by molar-refractivity contribution is -0.137. The number of urea groups is 1. The number of hydrogen-bond donors (Lipinski definition) is 2. The fourth-order valence-electron chi connectivity index (χ4n) is 1.43. The fraction of sp³-hybridized carbons (Fsp3) is 0.429. The predicted octanol–water partition coefficient (Wildman–Crippen LogP) is 3.44. The van der Waals surface area contributed by atoms with Crippen LogP contribution in [0.25, 0.3) is 0 Å². The second kappa shape index (κ2) is 6.15. The summed E-state index contributed by atoms with van der Waals surface area (Å²) in [6, 6.07) is 3.77. The molecule has 0 saturated carbocycles. The first-order valence-corrected chi connectivity index (χ1v) is 6.26. The van der Waals surface area contributed by atoms with Crippen LogP contribution in [-0.4, -0.2) is 18.4 Å². The van der Waals surface area contributed by atoms with Crippen molar-refractivity contribution in [2.45, 2.75) is 26.9 Å². The molecule has 0 aliphatic heterocycles. The molecule has 2 amide bonds. The summed E-state index contributed by atoms with van der Waals surface area (Å²) in [5, 5.41) is 4.35. The first kappa shape index (κ1) is 17.0. The normalized spacial score (nSPS) is 11.9. The number of halogens is 3. The van der Waals surface area contributed by atoms with E-state index >= 15 is 0 Å². The van der Waals surface area contributed by atoms with E-state index < -0.39 is 23.2 Å². The summed E-state index contributed by atoms with van der Waals surface area (Å²) < 4.78 is 38.2. The van der Waals surface area contributed by atoms with E-state index in [0.29, 0.717) is 0 Å². The van der Waals surface area contributed by atoms with Gasteiger partial charge in [-0.25, -0.2) is 4.79 Å². The van der Waals surface area contributed by atoms with Crippen LogP contribution in [0.15, 0.2) is 24.3 Å². The lowest BCUT2D eigenvalue weighted by Crippen LogP contribution is -2.38. The maximum atomic E-state index is 12.7. The number of amides is 2. The number of rotatable bonds is 3. The van der Waals surface area contributed by atoms with Crippen LogP contribution in [-0.2, 0) is 11.0 Å². The Kier molecular flexibility index (Phi) is 4.98. The Morgan fingerprint density at radius 2 is 1.67 bits per heavy atom. The number of nitrogens with one attached hydrogen (secondary N) is 2. The number of alkyl halides is 3. The van der Waals surface area contributed by atoms with E-state index in [-0.39, 0.29) is 18.0 Å². The number of para-hydroxylation sites is 1. The number of anilines is 1. The van der Waals surface area contributed by atoms with E-state index in [1.54, 1.807) is 20.8 Å². The van der Waals surface area contributed by atoms with Crippen LogP contribution in [0, 0.1) is 5.41 Å². The third-order valence-electron chi connectivity index (χ3n) is 2.73. The van der Waals surface area contributed by atoms with Gasteiger partial charge in [0.1, 0.15) is 0 Å². The Morgan fingerprint density at radius 1 is 1.10 bits per heavy atom. The Morgan fingerprint density at radius 3 is 2.19 bits per heavy atom. The third-order valence-corrected chi connectivity index (χ3v) is 2.73. The van der Waals surface area contributed by atoms with Crippen molar-refractivity contribution in [2.75, 3.05) is 11.9 Å². The van der Waals surface area contributed by atoms with Crippen molar-refractivity contribution in [3.63, 3.8) is 0 Å². The van der Waals surface area contributed by atoms with Crippen molar-refractivity contribution in [3.8, 4) is 0 Å². The van der Waals surface area contributed by atoms with Gasteiger partial charge in [-0.15, -0.1) is 0 Å². The summed E-state index contributed by atoms with van der Waals surface area (Å²) in [5.41, 5.74) is -1.93. The van der Waals surface area contributed by atoms with Crippen molar-refractivity contribution in [3.05, 3.63) is 29.8 Å². The number of benzene rings is 1. The van der Waals surface area contributed by atoms with E-state index in [0.717, 1.165) is 12.1 Å². The van der Waals surface area contributed by atoms with Crippen LogP contribution in [0.3, 0.4) is 0 Å². The quantitative estimate of drug-likeness (QED) is 0.898. The van der Waals surface area contributed by atoms with Crippen LogP contribution in [0.4, 0.5) is 23.7 Å². The van der Waals surface area contributed by atoms with Crippen molar-refractivity contribution in [2.24, 2.45) is 5.41 Å². The molecule has 1 aromatic carbocycles. The van der Waals surface area contributed by atoms with Crippen LogP contribution < -0.4 is 10.6 Å². The molecule has 116 valence electrons. The third kappa shape index (κ3) is 5.09. The summed E-state index contributed by atoms with van der Waals surface area (Å²) in [7, 11) is 0. The molecule has 21 heavy (non-hydrogen) atoms. The second-order valence-electron chi connectivity index (χ2n) is 5.52. The average Bonchev–Trinajstić information content (AvgIpc) is 2.34. The van der Waals surface area contributed by atoms with Gasteiger partial charge < -0.3 is 10.6 Å². The zero-order chi connectivity index (χ0) is 16.3. The Bertz CT molecular complexity index is 534. The molecule has 0 spiro atoms. The van der Waals surface area contributed by atoms with Crippen molar-refractivity contribution < 1.29 is 22.8 Å². The Labute approximate surface area is 120 Å². The largest absolute Gasteiger partial charge is 0.418 e. The standard InChI is InChI=1S/C14H17F3N2O2/c1-13(2,3)11(20)8-18-12(21)19-10-7-5-4-6-9(10)14(15,16)17/h4-7H,8H2,1-3H3,(H2,18,19,21). The van der Waals surface area contributed by atoms with Gasteiger partial charge in [0.15, 0.2) is 5.78 Å². The van der Waals surface area contributed by atoms with Gasteiger partial charge in [-0.2, -0.15) is 13.2 Å². The molecule has 0 aliphatic carbocycles. The Balaban J connectivity index is 2.71. The topological polar surface area (TPSA) is 58.2 Å². The minimum Gasteiger partial charge on any atom is -0.331 e. The van der Waals surface area contributed by atoms with Gasteiger partial charge in [-0.3, -0.25) is 4.79 Å². The van der Waals surface area contributed by atoms with Crippen molar-refractivity contribution in [1.82, 2.24) is 5.32 Å². The molecule has 1 rings (SSSR count). The molecular formula is C14H17F3N2O2. The lowest BCUT2D eigenvalue weighted by atomic mass is 9.91. The average molecular weight is 302 g/mol. The smallest absolute Gasteiger partial charge is 0.331 e. The molecule has 0 fully saturated rings. The first-order valence-electron chi connectivity index (χ1n) is 6.26. The minimum absolute atomic E-state index is 0.221. The van der Waals surface area contributed by atoms with Gasteiger partial charge in [0.2, 0.25) is 0 Å². The highest BCUT2D eigenvalue weighted by atomic mass is 19.4. The summed E-state index contributed by atoms with van der Waals surface area (Å²) in [4.78, 5) is 23.2. The van der Waals surface area contributed by atoms with Crippen LogP contribution >= 0.6 is 0 Å². The fourth-order valence-corrected chi connectivity index (χ4v) is 1.43. The molecule has 0 aromatic heterocycles. The van der Waals surface area contributed by atoms with E-state index in [1.807, 2.05) is 0 Å². The van der Waals surface area contributed by atoms with Gasteiger partial charge in [-0.1, -0.05) is 32.9 Å². The molecule has 7 heteroatoms. The highest BCUT2D eigenvalue weighted by molar-refractivity contribution is 5.94. The lowest BCUT2D eigenvalue weighted by Gasteiger charge is -2.17. The first-order chi connectivity index (χ1) is 9.51. The van der Waals surface area contributed by atoms with Crippen LogP contribution in [0.5, 0.6) is 0 Å². The minimum atomic E-state index is -4.56. The van der Waals surface area contributed by atoms with Gasteiger partial charge in [0, 0.05) is 5.41 Å². The van der Waals surface area contributed by atoms with E-state index in [4.69, 9.17) is 0 Å². The summed E-state index contributed by atoms with van der Waals surface area (Å²) in [6.07, 6.45) is -4.56. The molecule has 0 saturated heterocycles. The number of carbonyl (C=O) groups excluding carboxylic acids is 2. The monoisotopic (exact) mass is 302 g/mol. The Hall–Kier alpha value is -2.05. The van der Waals surface area contributed by atoms with Gasteiger partial charge in [-0.05, 0) is 12.1 Å². The van der Waals surface area contributed by atoms with Gasteiger partial charge in [0.25, 0.3) is 0 Å². The molecule has 0 heterocycles. The van der Waals surface area contributed by atoms with Gasteiger partial charge in [0.05, 0.1) is 17.8 Å². The molecular weight excluding hydrogens is 285 g/mol. The van der Waals surface area contributed by atoms with Crippen molar-refractivity contribution >= 4 is 17.5 Å². The predicted molar refractivity (Wildman–Crippen MR) is 72.9 cm³/mol. The molecule has 2 N–H and O–H groups in total. The van der Waals surface area contributed by atoms with E-state index in [2.05, 4.69) is 10.6 Å². The number of Topliss-reactive ketones (excluding diaryl/α,β-unsaturated/α-hetero) is 1. The van der Waals surface area contributed by atoms with Gasteiger partial charge >= 0.3 is 12.2 Å². The van der Waals surface area contributed by atoms with Crippen molar-refractivity contribution in [1.29, 1.82) is 0 Å². The highest BCUT2D eigenvalue weighted by Gasteiger charge is 2.33. The maximum Gasteiger partial charge on any atom is 0.418 e. The SMILES string of the molecule is CC(C)(C)C(=O)CNC(=O)Nc1ccccc1C(F)(F)F. The summed E-state index contributed by atoms with van der Waals surface area (Å²) in [6.45, 7) is 4.82. The van der Waals surface area contributed by atoms with Crippen LogP contribution in [0.2, 0.25) is 0 Å². The van der Waals surface area contributed by atoms with E-state index in [1.165, 1.54) is 12.1 Å². The molecule has 1 aromatic rings. The number of hydrogen-bond acceptors (Lipinski definition) is 2. The van der Waals surface area contributed by atoms with Crippen LogP contribution in [0.1, 0.15) is 26.3 Å². The maximum absolute atomic E-state index is 12.7.